The molecule has 0 aliphatic carbocycles. The molecule has 1 atom stereocenters. The topological polar surface area (TPSA) is 78.9 Å². The first-order valence-electron chi connectivity index (χ1n) is 28.2. The Morgan fingerprint density at radius 1 is 0.302 bits per heavy atom. The zero-order chi connectivity index (χ0) is 46.1. The van der Waals surface area contributed by atoms with Gasteiger partial charge in [0.1, 0.15) is 13.2 Å². The van der Waals surface area contributed by atoms with Crippen LogP contribution in [0.1, 0.15) is 317 Å². The number of unbranched alkanes of at least 4 members (excludes halogenated alkanes) is 36. The summed E-state index contributed by atoms with van der Waals surface area (Å²) < 4.78 is 16.9. The highest BCUT2D eigenvalue weighted by molar-refractivity contribution is 5.71. The van der Waals surface area contributed by atoms with Crippen LogP contribution < -0.4 is 0 Å². The maximum Gasteiger partial charge on any atom is 0.306 e. The van der Waals surface area contributed by atoms with E-state index in [0.29, 0.717) is 19.3 Å². The summed E-state index contributed by atoms with van der Waals surface area (Å²) in [6.45, 7) is 11.4. The van der Waals surface area contributed by atoms with Gasteiger partial charge in [-0.05, 0) is 31.1 Å². The Bertz CT molecular complexity index is 962. The molecule has 0 amide bonds. The Hall–Kier alpha value is -1.59. The van der Waals surface area contributed by atoms with Crippen molar-refractivity contribution in [3.05, 3.63) is 0 Å². The number of esters is 3. The quantitative estimate of drug-likeness (QED) is 0.0344. The third-order valence-electron chi connectivity index (χ3n) is 13.0. The molecule has 374 valence electrons. The third kappa shape index (κ3) is 51.3. The normalized spacial score (nSPS) is 12.0. The van der Waals surface area contributed by atoms with Crippen LogP contribution in [0.4, 0.5) is 0 Å². The second-order valence-electron chi connectivity index (χ2n) is 20.5. The van der Waals surface area contributed by atoms with Gasteiger partial charge in [0, 0.05) is 19.3 Å². The SMILES string of the molecule is CCCCCCCCCCCCCCCCCCCC(=O)OC[C@@H](COC(=O)CCCCCCCCCC(C)C)OC(=O)CCCCCCCCCCCCCCCCCC(C)C. The molecule has 0 fully saturated rings. The molecule has 0 rings (SSSR count). The summed E-state index contributed by atoms with van der Waals surface area (Å²) in [5, 5.41) is 0. The second kappa shape index (κ2) is 49.8. The highest BCUT2D eigenvalue weighted by atomic mass is 16.6. The molecule has 63 heavy (non-hydrogen) atoms. The zero-order valence-electron chi connectivity index (χ0n) is 43.2. The van der Waals surface area contributed by atoms with E-state index in [1.54, 1.807) is 0 Å². The van der Waals surface area contributed by atoms with Crippen LogP contribution in [0.15, 0.2) is 0 Å². The van der Waals surface area contributed by atoms with Gasteiger partial charge >= 0.3 is 17.9 Å². The molecule has 0 spiro atoms. The van der Waals surface area contributed by atoms with E-state index < -0.39 is 6.10 Å². The molecule has 0 N–H and O–H groups in total. The summed E-state index contributed by atoms with van der Waals surface area (Å²) >= 11 is 0. The average Bonchev–Trinajstić information content (AvgIpc) is 3.25. The first-order valence-corrected chi connectivity index (χ1v) is 28.2. The highest BCUT2D eigenvalue weighted by Crippen LogP contribution is 2.18. The molecule has 0 bridgehead atoms. The van der Waals surface area contributed by atoms with Crippen molar-refractivity contribution in [2.75, 3.05) is 13.2 Å². The molecule has 0 aromatic rings. The van der Waals surface area contributed by atoms with E-state index in [1.165, 1.54) is 205 Å². The maximum atomic E-state index is 12.8. The van der Waals surface area contributed by atoms with E-state index >= 15 is 0 Å². The number of ether oxygens (including phenoxy) is 3. The minimum atomic E-state index is -0.762. The van der Waals surface area contributed by atoms with Gasteiger partial charge in [0.2, 0.25) is 0 Å². The Labute approximate surface area is 393 Å². The molecule has 0 aliphatic rings. The molecule has 6 heteroatoms. The molecule has 0 saturated heterocycles. The average molecular weight is 892 g/mol. The molecule has 0 heterocycles. The Balaban J connectivity index is 4.25. The summed E-state index contributed by atoms with van der Waals surface area (Å²) in [5.74, 6) is 0.785. The van der Waals surface area contributed by atoms with E-state index in [4.69, 9.17) is 14.2 Å². The summed E-state index contributed by atoms with van der Waals surface area (Å²) in [6, 6.07) is 0. The van der Waals surface area contributed by atoms with Gasteiger partial charge in [-0.15, -0.1) is 0 Å². The van der Waals surface area contributed by atoms with Gasteiger partial charge in [-0.2, -0.15) is 0 Å². The number of carbonyl (C=O) groups excluding carboxylic acids is 3. The van der Waals surface area contributed by atoms with Crippen molar-refractivity contribution < 1.29 is 28.6 Å². The van der Waals surface area contributed by atoms with Gasteiger partial charge in [-0.3, -0.25) is 14.4 Å². The van der Waals surface area contributed by atoms with Crippen LogP contribution >= 0.6 is 0 Å². The van der Waals surface area contributed by atoms with Crippen LogP contribution in [0.5, 0.6) is 0 Å². The molecule has 0 saturated carbocycles. The number of rotatable bonds is 51. The van der Waals surface area contributed by atoms with E-state index in [0.717, 1.165) is 69.6 Å². The van der Waals surface area contributed by atoms with Crippen molar-refractivity contribution in [3.8, 4) is 0 Å². The van der Waals surface area contributed by atoms with Gasteiger partial charge in [-0.1, -0.05) is 279 Å². The summed E-state index contributed by atoms with van der Waals surface area (Å²) in [5.41, 5.74) is 0. The first-order chi connectivity index (χ1) is 30.7. The van der Waals surface area contributed by atoms with Gasteiger partial charge in [-0.25, -0.2) is 0 Å². The molecule has 0 aromatic carbocycles. The van der Waals surface area contributed by atoms with Gasteiger partial charge in [0.05, 0.1) is 0 Å². The molecular formula is C57H110O6. The molecule has 0 unspecified atom stereocenters. The molecular weight excluding hydrogens is 781 g/mol. The van der Waals surface area contributed by atoms with Crippen molar-refractivity contribution >= 4 is 17.9 Å². The van der Waals surface area contributed by atoms with Crippen LogP contribution in [0.2, 0.25) is 0 Å². The summed E-state index contributed by atoms with van der Waals surface area (Å²) in [7, 11) is 0. The monoisotopic (exact) mass is 891 g/mol. The lowest BCUT2D eigenvalue weighted by Gasteiger charge is -2.18. The fraction of sp³-hybridized carbons (Fsp3) is 0.947. The van der Waals surface area contributed by atoms with Crippen LogP contribution in [-0.4, -0.2) is 37.2 Å². The van der Waals surface area contributed by atoms with Crippen molar-refractivity contribution in [1.82, 2.24) is 0 Å². The predicted molar refractivity (Wildman–Crippen MR) is 270 cm³/mol. The standard InChI is InChI=1S/C57H110O6/c1-6-7-8-9-10-11-12-13-14-15-18-21-24-27-32-37-42-47-55(58)61-50-54(51-62-56(59)48-43-38-34-29-31-36-41-46-53(4)5)63-57(60)49-44-39-33-28-25-22-19-16-17-20-23-26-30-35-40-45-52(2)3/h52-54H,6-51H2,1-5H3/t54-/m0/s1. The number of hydrogen-bond donors (Lipinski definition) is 0. The van der Waals surface area contributed by atoms with Crippen molar-refractivity contribution in [2.45, 2.75) is 323 Å². The van der Waals surface area contributed by atoms with Crippen molar-refractivity contribution in [2.24, 2.45) is 11.8 Å². The highest BCUT2D eigenvalue weighted by Gasteiger charge is 2.19. The number of carbonyl (C=O) groups is 3. The number of hydrogen-bond acceptors (Lipinski definition) is 6. The minimum absolute atomic E-state index is 0.0634. The van der Waals surface area contributed by atoms with Gasteiger partial charge < -0.3 is 14.2 Å². The van der Waals surface area contributed by atoms with Crippen LogP contribution in [0.25, 0.3) is 0 Å². The van der Waals surface area contributed by atoms with Crippen LogP contribution in [-0.2, 0) is 28.6 Å². The summed E-state index contributed by atoms with van der Waals surface area (Å²) in [6.07, 6.45) is 52.5. The molecule has 0 aliphatic heterocycles. The predicted octanol–water partition coefficient (Wildman–Crippen LogP) is 18.5. The maximum absolute atomic E-state index is 12.8. The smallest absolute Gasteiger partial charge is 0.306 e. The first kappa shape index (κ1) is 61.4. The van der Waals surface area contributed by atoms with E-state index in [9.17, 15) is 14.4 Å². The minimum Gasteiger partial charge on any atom is -0.462 e. The fourth-order valence-electron chi connectivity index (χ4n) is 8.70. The van der Waals surface area contributed by atoms with Crippen molar-refractivity contribution in [1.29, 1.82) is 0 Å². The lowest BCUT2D eigenvalue weighted by atomic mass is 10.0. The van der Waals surface area contributed by atoms with E-state index in [-0.39, 0.29) is 31.1 Å². The molecule has 0 radical (unpaired) electrons. The third-order valence-corrected chi connectivity index (χ3v) is 13.0. The summed E-state index contributed by atoms with van der Waals surface area (Å²) in [4.78, 5) is 38.0. The van der Waals surface area contributed by atoms with Crippen LogP contribution in [0, 0.1) is 11.8 Å². The van der Waals surface area contributed by atoms with Crippen molar-refractivity contribution in [3.63, 3.8) is 0 Å². The molecule has 0 aromatic heterocycles. The Morgan fingerprint density at radius 2 is 0.524 bits per heavy atom. The van der Waals surface area contributed by atoms with E-state index in [1.807, 2.05) is 0 Å². The van der Waals surface area contributed by atoms with Gasteiger partial charge in [0.15, 0.2) is 6.10 Å². The lowest BCUT2D eigenvalue weighted by molar-refractivity contribution is -0.167. The largest absolute Gasteiger partial charge is 0.462 e. The Morgan fingerprint density at radius 3 is 0.778 bits per heavy atom. The van der Waals surface area contributed by atoms with E-state index in [2.05, 4.69) is 34.6 Å². The second-order valence-corrected chi connectivity index (χ2v) is 20.5. The van der Waals surface area contributed by atoms with Crippen LogP contribution in [0.3, 0.4) is 0 Å². The Kier molecular flexibility index (Phi) is 48.6. The van der Waals surface area contributed by atoms with Gasteiger partial charge in [0.25, 0.3) is 0 Å². The fourth-order valence-corrected chi connectivity index (χ4v) is 8.70. The lowest BCUT2D eigenvalue weighted by Crippen LogP contribution is -2.30. The molecule has 6 nitrogen and oxygen atoms in total. The zero-order valence-corrected chi connectivity index (χ0v) is 43.2.